The van der Waals surface area contributed by atoms with Crippen molar-refractivity contribution in [2.45, 2.75) is 39.5 Å². The van der Waals surface area contributed by atoms with Crippen LogP contribution in [0.5, 0.6) is 5.75 Å². The summed E-state index contributed by atoms with van der Waals surface area (Å²) in [6, 6.07) is 3.82. The number of hydrogen-bond acceptors (Lipinski definition) is 2. The van der Waals surface area contributed by atoms with Gasteiger partial charge in [-0.3, -0.25) is 4.79 Å². The highest BCUT2D eigenvalue weighted by Gasteiger charge is 2.23. The Labute approximate surface area is 115 Å². The van der Waals surface area contributed by atoms with Crippen LogP contribution >= 0.6 is 0 Å². The zero-order valence-corrected chi connectivity index (χ0v) is 12.1. The molecule has 0 saturated carbocycles. The highest BCUT2D eigenvalue weighted by atomic mass is 16.5. The molecule has 2 rings (SSSR count). The fraction of sp³-hybridized carbons (Fsp3) is 0.471. The Morgan fingerprint density at radius 2 is 1.84 bits per heavy atom. The lowest BCUT2D eigenvalue weighted by atomic mass is 9.84. The number of benzene rings is 1. The normalized spacial score (nSPS) is 14.1. The molecule has 2 nitrogen and oxygen atoms in total. The molecular formula is C17H22O2. The van der Waals surface area contributed by atoms with Crippen LogP contribution in [0.2, 0.25) is 0 Å². The molecule has 0 atom stereocenters. The van der Waals surface area contributed by atoms with Crippen molar-refractivity contribution in [3.63, 3.8) is 0 Å². The molecule has 0 N–H and O–H groups in total. The third kappa shape index (κ3) is 2.58. The zero-order chi connectivity index (χ0) is 14.0. The highest BCUT2D eigenvalue weighted by Crippen LogP contribution is 2.33. The van der Waals surface area contributed by atoms with Gasteiger partial charge in [0.25, 0.3) is 0 Å². The molecule has 1 aliphatic carbocycles. The smallest absolute Gasteiger partial charge is 0.188 e. The summed E-state index contributed by atoms with van der Waals surface area (Å²) in [5.74, 6) is 1.20. The molecule has 0 fully saturated rings. The summed E-state index contributed by atoms with van der Waals surface area (Å²) in [6.45, 7) is 7.96. The highest BCUT2D eigenvalue weighted by molar-refractivity contribution is 6.09. The van der Waals surface area contributed by atoms with Crippen molar-refractivity contribution in [2.24, 2.45) is 5.92 Å². The van der Waals surface area contributed by atoms with E-state index >= 15 is 0 Å². The lowest BCUT2D eigenvalue weighted by molar-refractivity contribution is 0.102. The van der Waals surface area contributed by atoms with Gasteiger partial charge in [0.1, 0.15) is 5.75 Å². The SMILES string of the molecule is C=C(C(=O)c1ccc(OC)c2c1CCCC2)C(C)C. The van der Waals surface area contributed by atoms with Crippen LogP contribution in [0.3, 0.4) is 0 Å². The van der Waals surface area contributed by atoms with Crippen molar-refractivity contribution in [1.29, 1.82) is 0 Å². The summed E-state index contributed by atoms with van der Waals surface area (Å²) in [5.41, 5.74) is 3.92. The second kappa shape index (κ2) is 5.60. The van der Waals surface area contributed by atoms with Gasteiger partial charge in [0.15, 0.2) is 5.78 Å². The standard InChI is InChI=1S/C17H22O2/c1-11(2)12(3)17(18)15-9-10-16(19-4)14-8-6-5-7-13(14)15/h9-11H,3,5-8H2,1-2,4H3. The number of ketones is 1. The van der Waals surface area contributed by atoms with E-state index in [0.29, 0.717) is 5.57 Å². The monoisotopic (exact) mass is 258 g/mol. The average molecular weight is 258 g/mol. The van der Waals surface area contributed by atoms with E-state index in [-0.39, 0.29) is 11.7 Å². The molecule has 0 radical (unpaired) electrons. The van der Waals surface area contributed by atoms with E-state index < -0.39 is 0 Å². The van der Waals surface area contributed by atoms with Gasteiger partial charge in [-0.2, -0.15) is 0 Å². The van der Waals surface area contributed by atoms with Gasteiger partial charge in [0.2, 0.25) is 0 Å². The van der Waals surface area contributed by atoms with Crippen LogP contribution in [0, 0.1) is 5.92 Å². The Morgan fingerprint density at radius 3 is 2.42 bits per heavy atom. The first kappa shape index (κ1) is 13.9. The van der Waals surface area contributed by atoms with E-state index in [1.54, 1.807) is 7.11 Å². The molecule has 0 heterocycles. The predicted octanol–water partition coefficient (Wildman–Crippen LogP) is 3.97. The zero-order valence-electron chi connectivity index (χ0n) is 12.1. The lowest BCUT2D eigenvalue weighted by Crippen LogP contribution is -2.15. The number of hydrogen-bond donors (Lipinski definition) is 0. The van der Waals surface area contributed by atoms with Crippen molar-refractivity contribution >= 4 is 5.78 Å². The minimum Gasteiger partial charge on any atom is -0.496 e. The van der Waals surface area contributed by atoms with E-state index in [2.05, 4.69) is 6.58 Å². The van der Waals surface area contributed by atoms with Gasteiger partial charge in [-0.05, 0) is 60.4 Å². The van der Waals surface area contributed by atoms with Crippen LogP contribution in [0.4, 0.5) is 0 Å². The summed E-state index contributed by atoms with van der Waals surface area (Å²) in [5, 5.41) is 0. The first-order valence-corrected chi connectivity index (χ1v) is 6.98. The summed E-state index contributed by atoms with van der Waals surface area (Å²) in [7, 11) is 1.69. The third-order valence-corrected chi connectivity index (χ3v) is 3.94. The fourth-order valence-corrected chi connectivity index (χ4v) is 2.67. The molecule has 19 heavy (non-hydrogen) atoms. The van der Waals surface area contributed by atoms with E-state index in [1.807, 2.05) is 26.0 Å². The van der Waals surface area contributed by atoms with Crippen molar-refractivity contribution in [1.82, 2.24) is 0 Å². The van der Waals surface area contributed by atoms with Gasteiger partial charge in [-0.1, -0.05) is 20.4 Å². The lowest BCUT2D eigenvalue weighted by Gasteiger charge is -2.22. The molecule has 1 aliphatic rings. The second-order valence-electron chi connectivity index (χ2n) is 5.49. The van der Waals surface area contributed by atoms with E-state index in [0.717, 1.165) is 30.6 Å². The molecule has 2 heteroatoms. The van der Waals surface area contributed by atoms with Crippen molar-refractivity contribution in [2.75, 3.05) is 7.11 Å². The Kier molecular flexibility index (Phi) is 4.08. The molecule has 0 spiro atoms. The summed E-state index contributed by atoms with van der Waals surface area (Å²) in [4.78, 5) is 12.5. The number of rotatable bonds is 4. The summed E-state index contributed by atoms with van der Waals surface area (Å²) < 4.78 is 5.42. The third-order valence-electron chi connectivity index (χ3n) is 3.94. The van der Waals surface area contributed by atoms with Crippen LogP contribution in [-0.2, 0) is 12.8 Å². The van der Waals surface area contributed by atoms with Gasteiger partial charge in [-0.15, -0.1) is 0 Å². The van der Waals surface area contributed by atoms with Crippen LogP contribution < -0.4 is 4.74 Å². The number of methoxy groups -OCH3 is 1. The maximum absolute atomic E-state index is 12.5. The molecule has 0 bridgehead atoms. The number of allylic oxidation sites excluding steroid dienone is 1. The first-order chi connectivity index (χ1) is 9.06. The average Bonchev–Trinajstić information content (AvgIpc) is 2.44. The Hall–Kier alpha value is -1.57. The van der Waals surface area contributed by atoms with E-state index in [9.17, 15) is 4.79 Å². The molecule has 1 aromatic rings. The maximum atomic E-state index is 12.5. The molecule has 0 amide bonds. The minimum absolute atomic E-state index is 0.0933. The largest absolute Gasteiger partial charge is 0.496 e. The van der Waals surface area contributed by atoms with Crippen molar-refractivity contribution in [3.8, 4) is 5.75 Å². The van der Waals surface area contributed by atoms with Crippen molar-refractivity contribution < 1.29 is 9.53 Å². The van der Waals surface area contributed by atoms with Crippen LogP contribution in [0.1, 0.15) is 48.2 Å². The number of carbonyl (C=O) groups is 1. The summed E-state index contributed by atoms with van der Waals surface area (Å²) >= 11 is 0. The van der Waals surface area contributed by atoms with Crippen LogP contribution in [0.25, 0.3) is 0 Å². The topological polar surface area (TPSA) is 26.3 Å². The summed E-state index contributed by atoms with van der Waals surface area (Å²) in [6.07, 6.45) is 4.30. The Morgan fingerprint density at radius 1 is 1.21 bits per heavy atom. The van der Waals surface area contributed by atoms with Gasteiger partial charge >= 0.3 is 0 Å². The van der Waals surface area contributed by atoms with Gasteiger partial charge in [0, 0.05) is 5.56 Å². The van der Waals surface area contributed by atoms with E-state index in [4.69, 9.17) is 4.74 Å². The molecule has 0 unspecified atom stereocenters. The predicted molar refractivity (Wildman–Crippen MR) is 77.9 cm³/mol. The molecular weight excluding hydrogens is 236 g/mol. The number of fused-ring (bicyclic) bond motifs is 1. The molecule has 102 valence electrons. The number of Topliss-reactive ketones (excluding diaryl/α,β-unsaturated/α-hetero) is 1. The quantitative estimate of drug-likeness (QED) is 0.603. The van der Waals surface area contributed by atoms with Gasteiger partial charge in [0.05, 0.1) is 7.11 Å². The van der Waals surface area contributed by atoms with Crippen LogP contribution in [-0.4, -0.2) is 12.9 Å². The number of ether oxygens (including phenoxy) is 1. The molecule has 0 saturated heterocycles. The minimum atomic E-state index is 0.0933. The maximum Gasteiger partial charge on any atom is 0.188 e. The Bertz CT molecular complexity index is 512. The van der Waals surface area contributed by atoms with Gasteiger partial charge in [-0.25, -0.2) is 0 Å². The Balaban J connectivity index is 2.47. The molecule has 0 aromatic heterocycles. The molecule has 0 aliphatic heterocycles. The second-order valence-corrected chi connectivity index (χ2v) is 5.49. The molecule has 1 aromatic carbocycles. The van der Waals surface area contributed by atoms with Crippen LogP contribution in [0.15, 0.2) is 24.3 Å². The fourth-order valence-electron chi connectivity index (χ4n) is 2.67. The first-order valence-electron chi connectivity index (χ1n) is 6.98. The number of carbonyl (C=O) groups excluding carboxylic acids is 1. The van der Waals surface area contributed by atoms with Gasteiger partial charge < -0.3 is 4.74 Å². The van der Waals surface area contributed by atoms with Crippen molar-refractivity contribution in [3.05, 3.63) is 41.0 Å². The van der Waals surface area contributed by atoms with E-state index in [1.165, 1.54) is 17.5 Å².